The number of ketones is 1. The summed E-state index contributed by atoms with van der Waals surface area (Å²) >= 11 is 0. The van der Waals surface area contributed by atoms with Crippen molar-refractivity contribution < 1.29 is 9.48 Å². The number of Topliss-reactive ketones (excluding diaryl/α,β-unsaturated/α-hetero) is 1. The molecule has 0 aliphatic rings. The lowest BCUT2D eigenvalue weighted by Crippen LogP contribution is -2.45. The largest absolute Gasteiger partial charge is 0.292 e. The zero-order valence-electron chi connectivity index (χ0n) is 11.8. The van der Waals surface area contributed by atoms with Gasteiger partial charge < -0.3 is 0 Å². The molecule has 0 aliphatic carbocycles. The molecule has 1 heterocycles. The van der Waals surface area contributed by atoms with Crippen LogP contribution in [0, 0.1) is 25.2 Å². The molecule has 0 N–H and O–H groups in total. The van der Waals surface area contributed by atoms with Crippen molar-refractivity contribution in [3.05, 3.63) is 53.3 Å². The molecule has 0 spiro atoms. The Hall–Kier alpha value is -2.41. The van der Waals surface area contributed by atoms with Crippen LogP contribution in [-0.4, -0.2) is 10.5 Å². The van der Waals surface area contributed by atoms with E-state index < -0.39 is 0 Å². The monoisotopic (exact) mass is 268 g/mol. The van der Waals surface area contributed by atoms with E-state index in [-0.39, 0.29) is 12.3 Å². The van der Waals surface area contributed by atoms with E-state index >= 15 is 0 Å². The summed E-state index contributed by atoms with van der Waals surface area (Å²) in [6, 6.07) is 9.98. The van der Waals surface area contributed by atoms with Crippen LogP contribution < -0.4 is 4.68 Å². The van der Waals surface area contributed by atoms with Crippen molar-refractivity contribution in [3.8, 4) is 6.07 Å². The zero-order valence-corrected chi connectivity index (χ0v) is 11.8. The van der Waals surface area contributed by atoms with E-state index in [9.17, 15) is 4.79 Å². The predicted molar refractivity (Wildman–Crippen MR) is 74.9 cm³/mol. The molecule has 0 aliphatic heterocycles. The average Bonchev–Trinajstić information content (AvgIpc) is 2.82. The Labute approximate surface area is 118 Å². The topological polar surface area (TPSA) is 49.7 Å². The summed E-state index contributed by atoms with van der Waals surface area (Å²) in [7, 11) is 0. The third-order valence-electron chi connectivity index (χ3n) is 3.44. The Balaban J connectivity index is 2.10. The van der Waals surface area contributed by atoms with Crippen molar-refractivity contribution in [2.45, 2.75) is 33.4 Å². The summed E-state index contributed by atoms with van der Waals surface area (Å²) < 4.78 is 3.52. The quantitative estimate of drug-likeness (QED) is 0.775. The SMILES string of the molecule is Cc1cccc(C)c1CC(=O)C[n+]1cccn1CC#N. The van der Waals surface area contributed by atoms with Crippen molar-refractivity contribution in [2.75, 3.05) is 0 Å². The molecule has 102 valence electrons. The predicted octanol–water partition coefficient (Wildman–Crippen LogP) is 1.73. The van der Waals surface area contributed by atoms with Crippen LogP contribution in [0.2, 0.25) is 0 Å². The molecule has 20 heavy (non-hydrogen) atoms. The van der Waals surface area contributed by atoms with Crippen LogP contribution in [-0.2, 0) is 24.3 Å². The van der Waals surface area contributed by atoms with Crippen LogP contribution >= 0.6 is 0 Å². The summed E-state index contributed by atoms with van der Waals surface area (Å²) in [5.41, 5.74) is 3.41. The summed E-state index contributed by atoms with van der Waals surface area (Å²) in [6.07, 6.45) is 4.05. The summed E-state index contributed by atoms with van der Waals surface area (Å²) in [6.45, 7) is 4.61. The van der Waals surface area contributed by atoms with Gasteiger partial charge in [0.1, 0.15) is 0 Å². The van der Waals surface area contributed by atoms with E-state index in [0.717, 1.165) is 16.7 Å². The third-order valence-corrected chi connectivity index (χ3v) is 3.44. The van der Waals surface area contributed by atoms with Gasteiger partial charge in [-0.15, -0.1) is 9.36 Å². The van der Waals surface area contributed by atoms with Crippen LogP contribution in [0.15, 0.2) is 36.7 Å². The van der Waals surface area contributed by atoms with Crippen LogP contribution in [0.5, 0.6) is 0 Å². The number of rotatable bonds is 5. The average molecular weight is 268 g/mol. The standard InChI is InChI=1S/C16H18N3O/c1-13-5-3-6-14(2)16(13)11-15(20)12-19-9-4-8-18(19)10-7-17/h3-6,8-9H,10-12H2,1-2H3/q+1. The number of hydrogen-bond donors (Lipinski definition) is 0. The Bertz CT molecular complexity index is 644. The molecular formula is C16H18N3O+. The van der Waals surface area contributed by atoms with Gasteiger partial charge in [0.25, 0.3) is 0 Å². The maximum absolute atomic E-state index is 12.2. The van der Waals surface area contributed by atoms with E-state index in [2.05, 4.69) is 6.07 Å². The second-order valence-electron chi connectivity index (χ2n) is 4.93. The Morgan fingerprint density at radius 2 is 2.00 bits per heavy atom. The third kappa shape index (κ3) is 3.12. The fourth-order valence-electron chi connectivity index (χ4n) is 2.33. The number of carbonyl (C=O) groups excluding carboxylic acids is 1. The summed E-state index contributed by atoms with van der Waals surface area (Å²) in [4.78, 5) is 12.2. The number of aromatic nitrogens is 2. The lowest BCUT2D eigenvalue weighted by Gasteiger charge is -2.07. The highest BCUT2D eigenvalue weighted by molar-refractivity contribution is 5.80. The molecule has 0 atom stereocenters. The first-order valence-corrected chi connectivity index (χ1v) is 6.60. The smallest absolute Gasteiger partial charge is 0.230 e. The van der Waals surface area contributed by atoms with Crippen LogP contribution in [0.4, 0.5) is 0 Å². The van der Waals surface area contributed by atoms with E-state index in [0.29, 0.717) is 13.0 Å². The van der Waals surface area contributed by atoms with Gasteiger partial charge in [-0.05, 0) is 30.5 Å². The van der Waals surface area contributed by atoms with Crippen molar-refractivity contribution in [1.82, 2.24) is 4.68 Å². The minimum Gasteiger partial charge on any atom is -0.292 e. The number of carbonyl (C=O) groups is 1. The van der Waals surface area contributed by atoms with E-state index in [1.807, 2.05) is 44.3 Å². The lowest BCUT2D eigenvalue weighted by molar-refractivity contribution is -0.763. The summed E-state index contributed by atoms with van der Waals surface area (Å²) in [5, 5.41) is 8.74. The molecule has 4 nitrogen and oxygen atoms in total. The van der Waals surface area contributed by atoms with E-state index in [1.165, 1.54) is 0 Å². The van der Waals surface area contributed by atoms with Gasteiger partial charge in [0, 0.05) is 12.5 Å². The van der Waals surface area contributed by atoms with Crippen molar-refractivity contribution in [2.24, 2.45) is 0 Å². The molecule has 0 saturated carbocycles. The Kier molecular flexibility index (Phi) is 4.31. The van der Waals surface area contributed by atoms with Crippen molar-refractivity contribution in [1.29, 1.82) is 5.26 Å². The van der Waals surface area contributed by atoms with E-state index in [1.54, 1.807) is 15.6 Å². The van der Waals surface area contributed by atoms with Crippen LogP contribution in [0.3, 0.4) is 0 Å². The highest BCUT2D eigenvalue weighted by Gasteiger charge is 2.16. The van der Waals surface area contributed by atoms with Crippen molar-refractivity contribution >= 4 is 5.78 Å². The van der Waals surface area contributed by atoms with Gasteiger partial charge in [-0.25, -0.2) is 0 Å². The minimum atomic E-state index is 0.144. The van der Waals surface area contributed by atoms with Gasteiger partial charge in [-0.2, -0.15) is 5.26 Å². The maximum Gasteiger partial charge on any atom is 0.230 e. The highest BCUT2D eigenvalue weighted by Crippen LogP contribution is 2.14. The van der Waals surface area contributed by atoms with E-state index in [4.69, 9.17) is 5.26 Å². The number of aryl methyl sites for hydroxylation is 2. The number of hydrogen-bond acceptors (Lipinski definition) is 2. The number of benzene rings is 1. The molecule has 0 fully saturated rings. The molecule has 4 heteroatoms. The van der Waals surface area contributed by atoms with Gasteiger partial charge in [0.05, 0.1) is 12.3 Å². The first-order chi connectivity index (χ1) is 9.61. The number of nitriles is 1. The normalized spacial score (nSPS) is 10.2. The zero-order chi connectivity index (χ0) is 14.5. The molecule has 2 rings (SSSR count). The highest BCUT2D eigenvalue weighted by atomic mass is 16.1. The second kappa shape index (κ2) is 6.16. The molecule has 1 aromatic carbocycles. The molecule has 1 aromatic heterocycles. The number of nitrogens with zero attached hydrogens (tertiary/aromatic N) is 3. The fourth-order valence-corrected chi connectivity index (χ4v) is 2.33. The Morgan fingerprint density at radius 3 is 2.65 bits per heavy atom. The molecule has 0 radical (unpaired) electrons. The minimum absolute atomic E-state index is 0.144. The molecule has 2 aromatic rings. The van der Waals surface area contributed by atoms with Gasteiger partial charge in [-0.3, -0.25) is 4.79 Å². The fraction of sp³-hybridized carbons (Fsp3) is 0.312. The van der Waals surface area contributed by atoms with Gasteiger partial charge in [0.15, 0.2) is 12.7 Å². The maximum atomic E-state index is 12.2. The first-order valence-electron chi connectivity index (χ1n) is 6.60. The van der Waals surface area contributed by atoms with Gasteiger partial charge in [0.2, 0.25) is 12.3 Å². The molecule has 0 saturated heterocycles. The van der Waals surface area contributed by atoms with Gasteiger partial charge >= 0.3 is 0 Å². The Morgan fingerprint density at radius 1 is 1.30 bits per heavy atom. The molecule has 0 bridgehead atoms. The second-order valence-corrected chi connectivity index (χ2v) is 4.93. The van der Waals surface area contributed by atoms with Crippen LogP contribution in [0.25, 0.3) is 0 Å². The molecule has 0 unspecified atom stereocenters. The first kappa shape index (κ1) is 14.0. The van der Waals surface area contributed by atoms with Gasteiger partial charge in [-0.1, -0.05) is 18.2 Å². The van der Waals surface area contributed by atoms with Crippen LogP contribution in [0.1, 0.15) is 16.7 Å². The van der Waals surface area contributed by atoms with Crippen molar-refractivity contribution in [3.63, 3.8) is 0 Å². The summed E-state index contributed by atoms with van der Waals surface area (Å²) in [5.74, 6) is 0.144. The lowest BCUT2D eigenvalue weighted by atomic mass is 9.98. The molecular weight excluding hydrogens is 250 g/mol. The molecule has 0 amide bonds.